The average molecular weight is 234 g/mol. The number of carbonyl (C=O) groups excluding carboxylic acids is 1. The van der Waals surface area contributed by atoms with Crippen molar-refractivity contribution in [2.24, 2.45) is 0 Å². The molecule has 1 aromatic rings. The Balaban J connectivity index is 1.92. The smallest absolute Gasteiger partial charge is 0.324 e. The van der Waals surface area contributed by atoms with Crippen LogP contribution in [0.3, 0.4) is 0 Å². The van der Waals surface area contributed by atoms with Gasteiger partial charge in [-0.15, -0.1) is 0 Å². The summed E-state index contributed by atoms with van der Waals surface area (Å²) < 4.78 is 4.76. The number of nitrogens with zero attached hydrogens (tertiary/aromatic N) is 1. The maximum atomic E-state index is 11.5. The van der Waals surface area contributed by atoms with Crippen molar-refractivity contribution in [2.45, 2.75) is 12.6 Å². The van der Waals surface area contributed by atoms with Gasteiger partial charge in [-0.25, -0.2) is 0 Å². The first kappa shape index (κ1) is 12.1. The molecular weight excluding hydrogens is 216 g/mol. The number of methoxy groups -OCH3 is 1. The van der Waals surface area contributed by atoms with Gasteiger partial charge in [-0.1, -0.05) is 30.3 Å². The number of carbonyl (C=O) groups is 1. The Morgan fingerprint density at radius 2 is 2.24 bits per heavy atom. The molecule has 0 aromatic heterocycles. The third kappa shape index (κ3) is 3.28. The lowest BCUT2D eigenvalue weighted by atomic mass is 10.1. The molecule has 0 aliphatic carbocycles. The highest BCUT2D eigenvalue weighted by atomic mass is 16.5. The van der Waals surface area contributed by atoms with Gasteiger partial charge in [0.05, 0.1) is 7.11 Å². The van der Waals surface area contributed by atoms with Gasteiger partial charge in [0.25, 0.3) is 0 Å². The predicted molar refractivity (Wildman–Crippen MR) is 65.5 cm³/mol. The van der Waals surface area contributed by atoms with E-state index in [9.17, 15) is 4.79 Å². The Morgan fingerprint density at radius 3 is 2.94 bits per heavy atom. The molecule has 1 N–H and O–H groups in total. The van der Waals surface area contributed by atoms with Gasteiger partial charge in [-0.05, 0) is 5.56 Å². The van der Waals surface area contributed by atoms with Crippen LogP contribution in [0.15, 0.2) is 30.3 Å². The van der Waals surface area contributed by atoms with Gasteiger partial charge in [0.15, 0.2) is 0 Å². The van der Waals surface area contributed by atoms with E-state index < -0.39 is 0 Å². The van der Waals surface area contributed by atoms with Crippen molar-refractivity contribution >= 4 is 5.97 Å². The zero-order valence-electron chi connectivity index (χ0n) is 10.1. The third-order valence-electron chi connectivity index (χ3n) is 2.99. The Bertz CT molecular complexity index is 367. The Morgan fingerprint density at radius 1 is 1.47 bits per heavy atom. The second-order valence-electron chi connectivity index (χ2n) is 4.25. The van der Waals surface area contributed by atoms with Crippen LogP contribution in [0, 0.1) is 0 Å². The maximum Gasteiger partial charge on any atom is 0.324 e. The topological polar surface area (TPSA) is 41.6 Å². The van der Waals surface area contributed by atoms with Crippen molar-refractivity contribution in [3.8, 4) is 0 Å². The normalized spacial score (nSPS) is 21.1. The molecule has 4 heteroatoms. The largest absolute Gasteiger partial charge is 0.468 e. The summed E-state index contributed by atoms with van der Waals surface area (Å²) in [5.74, 6) is -0.178. The number of esters is 1. The summed E-state index contributed by atoms with van der Waals surface area (Å²) in [6.07, 6.45) is 0. The van der Waals surface area contributed by atoms with Crippen LogP contribution < -0.4 is 5.32 Å². The van der Waals surface area contributed by atoms with Crippen LogP contribution in [0.1, 0.15) is 5.56 Å². The summed E-state index contributed by atoms with van der Waals surface area (Å²) in [5.41, 5.74) is 1.28. The first-order valence-electron chi connectivity index (χ1n) is 5.87. The number of hydrogen-bond donors (Lipinski definition) is 1. The van der Waals surface area contributed by atoms with Gasteiger partial charge in [0, 0.05) is 26.2 Å². The van der Waals surface area contributed by atoms with Crippen LogP contribution in [-0.4, -0.2) is 43.7 Å². The van der Waals surface area contributed by atoms with Crippen LogP contribution in [0.2, 0.25) is 0 Å². The highest BCUT2D eigenvalue weighted by Gasteiger charge is 2.25. The van der Waals surface area contributed by atoms with Gasteiger partial charge < -0.3 is 10.1 Å². The molecule has 0 radical (unpaired) electrons. The molecule has 0 unspecified atom stereocenters. The fraction of sp³-hybridized carbons (Fsp3) is 0.462. The standard InChI is InChI=1S/C13H18N2O2/c1-17-13(16)12-10-15(8-7-14-12)9-11-5-3-2-4-6-11/h2-6,12,14H,7-10H2,1H3/t12-/m1/s1. The molecule has 1 atom stereocenters. The van der Waals surface area contributed by atoms with E-state index in [4.69, 9.17) is 4.74 Å². The van der Waals surface area contributed by atoms with Crippen molar-refractivity contribution in [1.82, 2.24) is 10.2 Å². The number of ether oxygens (including phenoxy) is 1. The van der Waals surface area contributed by atoms with E-state index in [0.29, 0.717) is 6.54 Å². The molecule has 2 rings (SSSR count). The van der Waals surface area contributed by atoms with Crippen molar-refractivity contribution in [3.05, 3.63) is 35.9 Å². The lowest BCUT2D eigenvalue weighted by Gasteiger charge is -2.32. The molecule has 1 aliphatic heterocycles. The molecule has 1 fully saturated rings. The second kappa shape index (κ2) is 5.80. The summed E-state index contributed by atoms with van der Waals surface area (Å²) in [5, 5.41) is 3.17. The van der Waals surface area contributed by atoms with Crippen LogP contribution >= 0.6 is 0 Å². The molecule has 0 saturated carbocycles. The predicted octanol–water partition coefficient (Wildman–Crippen LogP) is 0.633. The summed E-state index contributed by atoms with van der Waals surface area (Å²) in [6, 6.07) is 10.1. The van der Waals surface area contributed by atoms with E-state index in [2.05, 4.69) is 22.3 Å². The van der Waals surface area contributed by atoms with Crippen LogP contribution in [0.4, 0.5) is 0 Å². The first-order valence-corrected chi connectivity index (χ1v) is 5.87. The minimum atomic E-state index is -0.197. The molecule has 1 aliphatic rings. The highest BCUT2D eigenvalue weighted by molar-refractivity contribution is 5.76. The molecule has 1 aromatic carbocycles. The fourth-order valence-electron chi connectivity index (χ4n) is 2.10. The van der Waals surface area contributed by atoms with Crippen molar-refractivity contribution in [2.75, 3.05) is 26.7 Å². The first-order chi connectivity index (χ1) is 8.29. The minimum absolute atomic E-state index is 0.178. The quantitative estimate of drug-likeness (QED) is 0.779. The van der Waals surface area contributed by atoms with Gasteiger partial charge in [-0.3, -0.25) is 9.69 Å². The molecule has 0 spiro atoms. The number of nitrogens with one attached hydrogen (secondary N) is 1. The molecule has 1 saturated heterocycles. The van der Waals surface area contributed by atoms with E-state index in [0.717, 1.165) is 19.6 Å². The second-order valence-corrected chi connectivity index (χ2v) is 4.25. The monoisotopic (exact) mass is 234 g/mol. The molecule has 0 bridgehead atoms. The zero-order valence-corrected chi connectivity index (χ0v) is 10.1. The van der Waals surface area contributed by atoms with Crippen molar-refractivity contribution in [1.29, 1.82) is 0 Å². The molecule has 1 heterocycles. The number of piperazine rings is 1. The summed E-state index contributed by atoms with van der Waals surface area (Å²) in [4.78, 5) is 13.7. The molecule has 17 heavy (non-hydrogen) atoms. The van der Waals surface area contributed by atoms with E-state index in [1.165, 1.54) is 12.7 Å². The molecular formula is C13H18N2O2. The Hall–Kier alpha value is -1.39. The summed E-state index contributed by atoms with van der Waals surface area (Å²) in [6.45, 7) is 3.38. The third-order valence-corrected chi connectivity index (χ3v) is 2.99. The van der Waals surface area contributed by atoms with E-state index >= 15 is 0 Å². The number of benzene rings is 1. The van der Waals surface area contributed by atoms with E-state index in [1.54, 1.807) is 0 Å². The lowest BCUT2D eigenvalue weighted by Crippen LogP contribution is -2.54. The van der Waals surface area contributed by atoms with E-state index in [-0.39, 0.29) is 12.0 Å². The SMILES string of the molecule is COC(=O)[C@H]1CN(Cc2ccccc2)CCN1. The van der Waals surface area contributed by atoms with Gasteiger partial charge in [0.1, 0.15) is 6.04 Å². The molecule has 4 nitrogen and oxygen atoms in total. The fourth-order valence-corrected chi connectivity index (χ4v) is 2.10. The van der Waals surface area contributed by atoms with Gasteiger partial charge in [0.2, 0.25) is 0 Å². The molecule has 92 valence electrons. The van der Waals surface area contributed by atoms with Crippen LogP contribution in [-0.2, 0) is 16.1 Å². The van der Waals surface area contributed by atoms with Crippen molar-refractivity contribution in [3.63, 3.8) is 0 Å². The molecule has 0 amide bonds. The Kier molecular flexibility index (Phi) is 4.12. The summed E-state index contributed by atoms with van der Waals surface area (Å²) in [7, 11) is 1.43. The number of hydrogen-bond acceptors (Lipinski definition) is 4. The average Bonchev–Trinajstić information content (AvgIpc) is 2.39. The van der Waals surface area contributed by atoms with Crippen LogP contribution in [0.5, 0.6) is 0 Å². The number of rotatable bonds is 3. The van der Waals surface area contributed by atoms with Gasteiger partial charge in [-0.2, -0.15) is 0 Å². The van der Waals surface area contributed by atoms with Gasteiger partial charge >= 0.3 is 5.97 Å². The van der Waals surface area contributed by atoms with Crippen LogP contribution in [0.25, 0.3) is 0 Å². The maximum absolute atomic E-state index is 11.5. The minimum Gasteiger partial charge on any atom is -0.468 e. The summed E-state index contributed by atoms with van der Waals surface area (Å²) >= 11 is 0. The Labute approximate surface area is 102 Å². The highest BCUT2D eigenvalue weighted by Crippen LogP contribution is 2.07. The lowest BCUT2D eigenvalue weighted by molar-refractivity contribution is -0.144. The van der Waals surface area contributed by atoms with Crippen molar-refractivity contribution < 1.29 is 9.53 Å². The van der Waals surface area contributed by atoms with E-state index in [1.807, 2.05) is 18.2 Å². The zero-order chi connectivity index (χ0) is 12.1.